The first-order valence-electron chi connectivity index (χ1n) is 6.77. The van der Waals surface area contributed by atoms with Gasteiger partial charge in [-0.2, -0.15) is 0 Å². The molecule has 1 N–H and O–H groups in total. The van der Waals surface area contributed by atoms with Gasteiger partial charge in [0.25, 0.3) is 5.91 Å². The lowest BCUT2D eigenvalue weighted by Crippen LogP contribution is -2.27. The van der Waals surface area contributed by atoms with Crippen molar-refractivity contribution in [3.63, 3.8) is 0 Å². The van der Waals surface area contributed by atoms with Crippen LogP contribution in [0.15, 0.2) is 28.8 Å². The zero-order valence-corrected chi connectivity index (χ0v) is 12.9. The van der Waals surface area contributed by atoms with Crippen molar-refractivity contribution in [3.05, 3.63) is 51.3 Å². The number of carbonyl (C=O) groups excluding carboxylic acids is 1. The third-order valence-corrected chi connectivity index (χ3v) is 4.08. The summed E-state index contributed by atoms with van der Waals surface area (Å²) in [6.07, 6.45) is 2.21. The fourth-order valence-corrected chi connectivity index (χ4v) is 2.73. The van der Waals surface area contributed by atoms with E-state index in [1.165, 1.54) is 0 Å². The van der Waals surface area contributed by atoms with Gasteiger partial charge in [-0.25, -0.2) is 0 Å². The first-order chi connectivity index (χ1) is 10.0. The molecule has 1 aliphatic rings. The molecule has 1 aliphatic carbocycles. The van der Waals surface area contributed by atoms with Crippen LogP contribution in [0.5, 0.6) is 0 Å². The summed E-state index contributed by atoms with van der Waals surface area (Å²) >= 11 is 12.0. The number of halogens is 2. The van der Waals surface area contributed by atoms with Crippen LogP contribution in [-0.4, -0.2) is 11.1 Å². The monoisotopic (exact) mass is 324 g/mol. The van der Waals surface area contributed by atoms with Gasteiger partial charge >= 0.3 is 0 Å². The Morgan fingerprint density at radius 2 is 2.14 bits per heavy atom. The van der Waals surface area contributed by atoms with Gasteiger partial charge in [0, 0.05) is 22.0 Å². The molecule has 1 saturated carbocycles. The number of hydrogen-bond acceptors (Lipinski definition) is 3. The summed E-state index contributed by atoms with van der Waals surface area (Å²) in [5, 5.41) is 7.76. The van der Waals surface area contributed by atoms with Crippen molar-refractivity contribution >= 4 is 29.1 Å². The maximum atomic E-state index is 12.2. The zero-order chi connectivity index (χ0) is 15.0. The van der Waals surface area contributed by atoms with Crippen molar-refractivity contribution < 1.29 is 9.32 Å². The quantitative estimate of drug-likeness (QED) is 0.909. The molecule has 110 valence electrons. The minimum absolute atomic E-state index is 0.247. The highest BCUT2D eigenvalue weighted by Crippen LogP contribution is 2.40. The van der Waals surface area contributed by atoms with Crippen molar-refractivity contribution in [2.24, 2.45) is 0 Å². The molecular weight excluding hydrogens is 311 g/mol. The van der Waals surface area contributed by atoms with Crippen LogP contribution in [0, 0.1) is 0 Å². The molecular formula is C15H14Cl2N2O2. The number of nitrogens with zero attached hydrogens (tertiary/aromatic N) is 1. The molecule has 1 amide bonds. The van der Waals surface area contributed by atoms with E-state index in [0.29, 0.717) is 21.7 Å². The van der Waals surface area contributed by atoms with E-state index in [4.69, 9.17) is 27.7 Å². The lowest BCUT2D eigenvalue weighted by atomic mass is 10.1. The molecule has 4 nitrogen and oxygen atoms in total. The molecule has 1 aromatic heterocycles. The van der Waals surface area contributed by atoms with Crippen LogP contribution in [0.25, 0.3) is 0 Å². The maximum Gasteiger partial charge on any atom is 0.273 e. The van der Waals surface area contributed by atoms with Crippen LogP contribution < -0.4 is 5.32 Å². The molecule has 1 atom stereocenters. The van der Waals surface area contributed by atoms with Gasteiger partial charge in [-0.15, -0.1) is 0 Å². The lowest BCUT2D eigenvalue weighted by Gasteiger charge is -2.15. The summed E-state index contributed by atoms with van der Waals surface area (Å²) in [5.74, 6) is 0.948. The number of carbonyl (C=O) groups is 1. The Bertz CT molecular complexity index is 680. The summed E-state index contributed by atoms with van der Waals surface area (Å²) in [6, 6.07) is 6.66. The number of benzene rings is 1. The van der Waals surface area contributed by atoms with E-state index in [2.05, 4.69) is 10.5 Å². The van der Waals surface area contributed by atoms with E-state index in [-0.39, 0.29) is 11.9 Å². The molecule has 0 saturated heterocycles. The number of rotatable bonds is 4. The van der Waals surface area contributed by atoms with E-state index >= 15 is 0 Å². The fourth-order valence-electron chi connectivity index (χ4n) is 2.16. The van der Waals surface area contributed by atoms with Gasteiger partial charge in [0.05, 0.1) is 6.04 Å². The van der Waals surface area contributed by atoms with E-state index in [9.17, 15) is 4.79 Å². The normalized spacial score (nSPS) is 15.8. The van der Waals surface area contributed by atoms with Gasteiger partial charge in [-0.3, -0.25) is 4.79 Å². The van der Waals surface area contributed by atoms with Crippen molar-refractivity contribution in [2.75, 3.05) is 0 Å². The van der Waals surface area contributed by atoms with Crippen molar-refractivity contribution in [1.82, 2.24) is 10.5 Å². The first kappa shape index (κ1) is 14.4. The van der Waals surface area contributed by atoms with E-state index < -0.39 is 0 Å². The minimum atomic E-state index is -0.274. The molecule has 1 unspecified atom stereocenters. The zero-order valence-electron chi connectivity index (χ0n) is 11.4. The molecule has 0 aliphatic heterocycles. The largest absolute Gasteiger partial charge is 0.360 e. The summed E-state index contributed by atoms with van der Waals surface area (Å²) < 4.78 is 5.18. The van der Waals surface area contributed by atoms with Crippen LogP contribution in [0.3, 0.4) is 0 Å². The average Bonchev–Trinajstić information content (AvgIpc) is 3.16. The average molecular weight is 325 g/mol. The topological polar surface area (TPSA) is 55.1 Å². The molecule has 3 rings (SSSR count). The molecule has 1 fully saturated rings. The highest BCUT2D eigenvalue weighted by atomic mass is 35.5. The van der Waals surface area contributed by atoms with E-state index in [1.54, 1.807) is 24.3 Å². The second-order valence-electron chi connectivity index (χ2n) is 5.25. The van der Waals surface area contributed by atoms with Gasteiger partial charge in [-0.1, -0.05) is 34.4 Å². The minimum Gasteiger partial charge on any atom is -0.360 e. The summed E-state index contributed by atoms with van der Waals surface area (Å²) in [5.41, 5.74) is 1.11. The van der Waals surface area contributed by atoms with Crippen molar-refractivity contribution in [3.8, 4) is 0 Å². The molecule has 2 aromatic rings. The third kappa shape index (κ3) is 3.22. The van der Waals surface area contributed by atoms with Crippen LogP contribution >= 0.6 is 23.2 Å². The van der Waals surface area contributed by atoms with Crippen LogP contribution in [0.2, 0.25) is 10.0 Å². The Kier molecular flexibility index (Phi) is 3.91. The van der Waals surface area contributed by atoms with Gasteiger partial charge in [0.15, 0.2) is 5.69 Å². The van der Waals surface area contributed by atoms with Crippen LogP contribution in [0.1, 0.15) is 53.5 Å². The standard InChI is InChI=1S/C15H14Cl2N2O2/c1-8(11-5-4-10(16)6-12(11)17)18-15(20)13-7-14(21-19-13)9-2-3-9/h4-9H,2-3H2,1H3,(H,18,20). The van der Waals surface area contributed by atoms with Crippen LogP contribution in [0.4, 0.5) is 0 Å². The van der Waals surface area contributed by atoms with E-state index in [1.807, 2.05) is 6.92 Å². The second kappa shape index (κ2) is 5.70. The second-order valence-corrected chi connectivity index (χ2v) is 6.09. The Hall–Kier alpha value is -1.52. The molecule has 1 aromatic carbocycles. The summed E-state index contributed by atoms with van der Waals surface area (Å²) in [7, 11) is 0. The highest BCUT2D eigenvalue weighted by Gasteiger charge is 2.29. The molecule has 21 heavy (non-hydrogen) atoms. The SMILES string of the molecule is CC(NC(=O)c1cc(C2CC2)on1)c1ccc(Cl)cc1Cl. The smallest absolute Gasteiger partial charge is 0.273 e. The maximum absolute atomic E-state index is 12.2. The summed E-state index contributed by atoms with van der Waals surface area (Å²) in [4.78, 5) is 12.2. The predicted octanol–water partition coefficient (Wildman–Crippen LogP) is 4.35. The third-order valence-electron chi connectivity index (χ3n) is 3.52. The highest BCUT2D eigenvalue weighted by molar-refractivity contribution is 6.35. The number of aromatic nitrogens is 1. The lowest BCUT2D eigenvalue weighted by molar-refractivity contribution is 0.0930. The Labute approximate surface area is 132 Å². The Morgan fingerprint density at radius 3 is 2.81 bits per heavy atom. The Morgan fingerprint density at radius 1 is 1.38 bits per heavy atom. The summed E-state index contributed by atoms with van der Waals surface area (Å²) in [6.45, 7) is 1.86. The fraction of sp³-hybridized carbons (Fsp3) is 0.333. The first-order valence-corrected chi connectivity index (χ1v) is 7.52. The Balaban J connectivity index is 1.70. The number of amides is 1. The molecule has 0 spiro atoms. The number of nitrogens with one attached hydrogen (secondary N) is 1. The van der Waals surface area contributed by atoms with Crippen molar-refractivity contribution in [1.29, 1.82) is 0 Å². The molecule has 0 radical (unpaired) electrons. The molecule has 0 bridgehead atoms. The van der Waals surface area contributed by atoms with Gasteiger partial charge in [0.1, 0.15) is 5.76 Å². The van der Waals surface area contributed by atoms with Gasteiger partial charge in [0.2, 0.25) is 0 Å². The van der Waals surface area contributed by atoms with Gasteiger partial charge < -0.3 is 9.84 Å². The van der Waals surface area contributed by atoms with Crippen LogP contribution in [-0.2, 0) is 0 Å². The predicted molar refractivity (Wildman–Crippen MR) is 80.8 cm³/mol. The van der Waals surface area contributed by atoms with Crippen molar-refractivity contribution in [2.45, 2.75) is 31.7 Å². The molecule has 1 heterocycles. The number of hydrogen-bond donors (Lipinski definition) is 1. The molecule has 6 heteroatoms. The van der Waals surface area contributed by atoms with Gasteiger partial charge in [-0.05, 0) is 37.5 Å². The van der Waals surface area contributed by atoms with E-state index in [0.717, 1.165) is 24.2 Å².